The van der Waals surface area contributed by atoms with Gasteiger partial charge in [0.1, 0.15) is 11.5 Å². The van der Waals surface area contributed by atoms with Crippen molar-refractivity contribution in [2.75, 3.05) is 14.2 Å². The van der Waals surface area contributed by atoms with E-state index in [2.05, 4.69) is 0 Å². The van der Waals surface area contributed by atoms with E-state index >= 15 is 0 Å². The third kappa shape index (κ3) is 2.72. The molecule has 3 atom stereocenters. The molecule has 0 aliphatic heterocycles. The van der Waals surface area contributed by atoms with Gasteiger partial charge < -0.3 is 19.7 Å². The van der Waals surface area contributed by atoms with Crippen molar-refractivity contribution in [3.63, 3.8) is 0 Å². The van der Waals surface area contributed by atoms with Gasteiger partial charge in [-0.1, -0.05) is 6.42 Å². The topological polar surface area (TPSA) is 76.0 Å². The van der Waals surface area contributed by atoms with Crippen LogP contribution in [0.5, 0.6) is 11.5 Å². The van der Waals surface area contributed by atoms with Crippen molar-refractivity contribution in [2.24, 2.45) is 11.8 Å². The SMILES string of the molecule is COc1ccc(OC)c(C(O)C2CCCC2C(=O)O)c1. The number of hydrogen-bond donors (Lipinski definition) is 2. The molecule has 1 saturated carbocycles. The van der Waals surface area contributed by atoms with Gasteiger partial charge in [0.05, 0.1) is 26.2 Å². The standard InChI is InChI=1S/C15H20O5/c1-19-9-6-7-13(20-2)12(8-9)14(16)10-4-3-5-11(10)15(17)18/h6-8,10-11,14,16H,3-5H2,1-2H3,(H,17,18). The molecule has 0 spiro atoms. The summed E-state index contributed by atoms with van der Waals surface area (Å²) in [5.74, 6) is -0.457. The molecule has 2 N–H and O–H groups in total. The van der Waals surface area contributed by atoms with Crippen LogP contribution >= 0.6 is 0 Å². The molecule has 1 aromatic rings. The Labute approximate surface area is 118 Å². The Morgan fingerprint density at radius 3 is 2.65 bits per heavy atom. The van der Waals surface area contributed by atoms with Crippen LogP contribution in [-0.4, -0.2) is 30.4 Å². The summed E-state index contributed by atoms with van der Waals surface area (Å²) in [6.07, 6.45) is 1.29. The minimum Gasteiger partial charge on any atom is -0.497 e. The minimum atomic E-state index is -0.858. The number of carbonyl (C=O) groups is 1. The summed E-state index contributed by atoms with van der Waals surface area (Å²) in [6, 6.07) is 5.18. The number of ether oxygens (including phenoxy) is 2. The molecule has 0 bridgehead atoms. The Hall–Kier alpha value is -1.75. The first-order chi connectivity index (χ1) is 9.58. The van der Waals surface area contributed by atoms with Crippen LogP contribution in [-0.2, 0) is 4.79 Å². The molecule has 0 radical (unpaired) electrons. The van der Waals surface area contributed by atoms with E-state index in [0.29, 0.717) is 29.9 Å². The maximum absolute atomic E-state index is 11.3. The van der Waals surface area contributed by atoms with E-state index < -0.39 is 18.0 Å². The van der Waals surface area contributed by atoms with E-state index in [4.69, 9.17) is 9.47 Å². The highest BCUT2D eigenvalue weighted by atomic mass is 16.5. The smallest absolute Gasteiger partial charge is 0.306 e. The minimum absolute atomic E-state index is 0.284. The average Bonchev–Trinajstić information content (AvgIpc) is 2.95. The number of benzene rings is 1. The second kappa shape index (κ2) is 6.13. The van der Waals surface area contributed by atoms with E-state index in [1.165, 1.54) is 7.11 Å². The van der Waals surface area contributed by atoms with Crippen LogP contribution in [0.4, 0.5) is 0 Å². The normalized spacial score (nSPS) is 23.4. The fraction of sp³-hybridized carbons (Fsp3) is 0.533. The summed E-state index contributed by atoms with van der Waals surface area (Å²) in [7, 11) is 3.08. The Kier molecular flexibility index (Phi) is 4.49. The fourth-order valence-corrected chi connectivity index (χ4v) is 2.97. The lowest BCUT2D eigenvalue weighted by atomic mass is 9.86. The van der Waals surface area contributed by atoms with Crippen molar-refractivity contribution in [1.82, 2.24) is 0 Å². The molecule has 1 aliphatic carbocycles. The molecule has 5 heteroatoms. The molecule has 0 heterocycles. The molecule has 1 aliphatic rings. The van der Waals surface area contributed by atoms with Crippen LogP contribution in [0.2, 0.25) is 0 Å². The third-order valence-corrected chi connectivity index (χ3v) is 4.05. The van der Waals surface area contributed by atoms with Crippen molar-refractivity contribution < 1.29 is 24.5 Å². The second-order valence-electron chi connectivity index (χ2n) is 5.09. The van der Waals surface area contributed by atoms with Gasteiger partial charge >= 0.3 is 5.97 Å². The van der Waals surface area contributed by atoms with Gasteiger partial charge in [-0.3, -0.25) is 4.79 Å². The first-order valence-electron chi connectivity index (χ1n) is 6.71. The van der Waals surface area contributed by atoms with E-state index in [9.17, 15) is 15.0 Å². The zero-order chi connectivity index (χ0) is 14.7. The Morgan fingerprint density at radius 1 is 1.30 bits per heavy atom. The number of carboxylic acids is 1. The van der Waals surface area contributed by atoms with Gasteiger partial charge in [-0.05, 0) is 31.0 Å². The van der Waals surface area contributed by atoms with Gasteiger partial charge in [-0.25, -0.2) is 0 Å². The number of rotatable bonds is 5. The van der Waals surface area contributed by atoms with Gasteiger partial charge in [-0.2, -0.15) is 0 Å². The van der Waals surface area contributed by atoms with Crippen molar-refractivity contribution in [3.05, 3.63) is 23.8 Å². The maximum atomic E-state index is 11.3. The van der Waals surface area contributed by atoms with Crippen LogP contribution in [0.15, 0.2) is 18.2 Å². The number of aliphatic hydroxyl groups excluding tert-OH is 1. The van der Waals surface area contributed by atoms with Crippen molar-refractivity contribution in [3.8, 4) is 11.5 Å². The number of aliphatic carboxylic acids is 1. The van der Waals surface area contributed by atoms with E-state index in [0.717, 1.165) is 6.42 Å². The zero-order valence-electron chi connectivity index (χ0n) is 11.7. The van der Waals surface area contributed by atoms with Gasteiger partial charge in [0, 0.05) is 11.5 Å². The van der Waals surface area contributed by atoms with Crippen molar-refractivity contribution >= 4 is 5.97 Å². The molecule has 0 aromatic heterocycles. The molecular formula is C15H20O5. The lowest BCUT2D eigenvalue weighted by Crippen LogP contribution is -2.24. The van der Waals surface area contributed by atoms with E-state index in [1.807, 2.05) is 0 Å². The van der Waals surface area contributed by atoms with Gasteiger partial charge in [0.25, 0.3) is 0 Å². The van der Waals surface area contributed by atoms with Crippen molar-refractivity contribution in [1.29, 1.82) is 0 Å². The van der Waals surface area contributed by atoms with Gasteiger partial charge in [-0.15, -0.1) is 0 Å². The molecule has 2 rings (SSSR count). The molecule has 20 heavy (non-hydrogen) atoms. The number of aliphatic hydroxyl groups is 1. The quantitative estimate of drug-likeness (QED) is 0.865. The predicted octanol–water partition coefficient (Wildman–Crippen LogP) is 2.24. The average molecular weight is 280 g/mol. The number of hydrogen-bond acceptors (Lipinski definition) is 4. The summed E-state index contributed by atoms with van der Waals surface area (Å²) in [6.45, 7) is 0. The fourth-order valence-electron chi connectivity index (χ4n) is 2.97. The third-order valence-electron chi connectivity index (χ3n) is 4.05. The molecule has 3 unspecified atom stereocenters. The highest BCUT2D eigenvalue weighted by Gasteiger charge is 2.39. The number of methoxy groups -OCH3 is 2. The molecule has 1 aromatic carbocycles. The van der Waals surface area contributed by atoms with Crippen LogP contribution in [0, 0.1) is 11.8 Å². The molecule has 0 amide bonds. The lowest BCUT2D eigenvalue weighted by Gasteiger charge is -2.24. The van der Waals surface area contributed by atoms with Crippen molar-refractivity contribution in [2.45, 2.75) is 25.4 Å². The van der Waals surface area contributed by atoms with E-state index in [1.54, 1.807) is 25.3 Å². The highest BCUT2D eigenvalue weighted by Crippen LogP contribution is 2.43. The Morgan fingerprint density at radius 2 is 2.05 bits per heavy atom. The van der Waals surface area contributed by atoms with Gasteiger partial charge in [0.15, 0.2) is 0 Å². The molecule has 110 valence electrons. The predicted molar refractivity (Wildman–Crippen MR) is 73.0 cm³/mol. The summed E-state index contributed by atoms with van der Waals surface area (Å²) in [4.78, 5) is 11.3. The summed E-state index contributed by atoms with van der Waals surface area (Å²) in [5, 5.41) is 19.8. The van der Waals surface area contributed by atoms with E-state index in [-0.39, 0.29) is 5.92 Å². The molecule has 5 nitrogen and oxygen atoms in total. The zero-order valence-corrected chi connectivity index (χ0v) is 11.7. The molecule has 1 fully saturated rings. The summed E-state index contributed by atoms with van der Waals surface area (Å²) >= 11 is 0. The van der Waals surface area contributed by atoms with Crippen LogP contribution < -0.4 is 9.47 Å². The Balaban J connectivity index is 2.32. The summed E-state index contributed by atoms with van der Waals surface area (Å²) < 4.78 is 10.4. The molecular weight excluding hydrogens is 260 g/mol. The van der Waals surface area contributed by atoms with Crippen LogP contribution in [0.1, 0.15) is 30.9 Å². The largest absolute Gasteiger partial charge is 0.497 e. The Bertz CT molecular complexity index is 485. The van der Waals surface area contributed by atoms with Gasteiger partial charge in [0.2, 0.25) is 0 Å². The summed E-state index contributed by atoms with van der Waals surface area (Å²) in [5.41, 5.74) is 0.588. The van der Waals surface area contributed by atoms with Crippen LogP contribution in [0.25, 0.3) is 0 Å². The first-order valence-corrected chi connectivity index (χ1v) is 6.71. The monoisotopic (exact) mass is 280 g/mol. The maximum Gasteiger partial charge on any atom is 0.306 e. The van der Waals surface area contributed by atoms with Crippen LogP contribution in [0.3, 0.4) is 0 Å². The first kappa shape index (κ1) is 14.7. The lowest BCUT2D eigenvalue weighted by molar-refractivity contribution is -0.144. The number of carboxylic acid groups (broad SMARTS) is 1. The highest BCUT2D eigenvalue weighted by molar-refractivity contribution is 5.71. The molecule has 0 saturated heterocycles. The second-order valence-corrected chi connectivity index (χ2v) is 5.09.